The number of benzene rings is 1. The maximum atomic E-state index is 11.7. The SMILES string of the molecule is Cc1[nH]ncc1CCCNC(=O)NCCc1ccc(CO)cc1. The first-order valence-electron chi connectivity index (χ1n) is 7.88. The van der Waals surface area contributed by atoms with Crippen molar-refractivity contribution in [2.24, 2.45) is 0 Å². The molecule has 1 aromatic heterocycles. The number of aromatic nitrogens is 2. The summed E-state index contributed by atoms with van der Waals surface area (Å²) in [4.78, 5) is 11.7. The molecule has 2 amide bonds. The average Bonchev–Trinajstić information content (AvgIpc) is 2.97. The van der Waals surface area contributed by atoms with E-state index >= 15 is 0 Å². The molecule has 0 aliphatic carbocycles. The summed E-state index contributed by atoms with van der Waals surface area (Å²) >= 11 is 0. The number of aryl methyl sites for hydroxylation is 2. The van der Waals surface area contributed by atoms with Crippen LogP contribution in [0, 0.1) is 6.92 Å². The second-order valence-electron chi connectivity index (χ2n) is 5.53. The fourth-order valence-electron chi connectivity index (χ4n) is 2.30. The lowest BCUT2D eigenvalue weighted by Crippen LogP contribution is -2.37. The second kappa shape index (κ2) is 8.95. The Bertz CT molecular complexity index is 607. The molecule has 4 N–H and O–H groups in total. The largest absolute Gasteiger partial charge is 0.392 e. The molecule has 6 nitrogen and oxygen atoms in total. The predicted molar refractivity (Wildman–Crippen MR) is 89.1 cm³/mol. The van der Waals surface area contributed by atoms with Crippen LogP contribution in [0.25, 0.3) is 0 Å². The van der Waals surface area contributed by atoms with Gasteiger partial charge in [-0.3, -0.25) is 5.10 Å². The molecule has 23 heavy (non-hydrogen) atoms. The summed E-state index contributed by atoms with van der Waals surface area (Å²) in [6.07, 6.45) is 4.39. The Morgan fingerprint density at radius 1 is 1.13 bits per heavy atom. The molecule has 0 unspecified atom stereocenters. The van der Waals surface area contributed by atoms with Crippen molar-refractivity contribution in [3.8, 4) is 0 Å². The van der Waals surface area contributed by atoms with Gasteiger partial charge >= 0.3 is 6.03 Å². The molecule has 6 heteroatoms. The zero-order valence-electron chi connectivity index (χ0n) is 13.4. The second-order valence-corrected chi connectivity index (χ2v) is 5.53. The van der Waals surface area contributed by atoms with Gasteiger partial charge in [0, 0.05) is 18.8 Å². The molecule has 0 fully saturated rings. The summed E-state index contributed by atoms with van der Waals surface area (Å²) in [7, 11) is 0. The van der Waals surface area contributed by atoms with Crippen LogP contribution in [0.3, 0.4) is 0 Å². The smallest absolute Gasteiger partial charge is 0.314 e. The molecule has 0 saturated heterocycles. The number of aliphatic hydroxyl groups excluding tert-OH is 1. The highest BCUT2D eigenvalue weighted by atomic mass is 16.3. The molecule has 1 aromatic carbocycles. The van der Waals surface area contributed by atoms with Crippen molar-refractivity contribution < 1.29 is 9.90 Å². The molecule has 124 valence electrons. The van der Waals surface area contributed by atoms with Gasteiger partial charge in [-0.25, -0.2) is 4.79 Å². The molecule has 2 rings (SSSR count). The van der Waals surface area contributed by atoms with Crippen molar-refractivity contribution in [2.45, 2.75) is 32.8 Å². The van der Waals surface area contributed by atoms with Crippen molar-refractivity contribution >= 4 is 6.03 Å². The van der Waals surface area contributed by atoms with Crippen LogP contribution in [0.1, 0.15) is 28.8 Å². The number of nitrogens with one attached hydrogen (secondary N) is 3. The van der Waals surface area contributed by atoms with E-state index in [-0.39, 0.29) is 12.6 Å². The molecular formula is C17H24N4O2. The monoisotopic (exact) mass is 316 g/mol. The van der Waals surface area contributed by atoms with Gasteiger partial charge in [0.25, 0.3) is 0 Å². The number of carbonyl (C=O) groups is 1. The summed E-state index contributed by atoms with van der Waals surface area (Å²) in [5.74, 6) is 0. The van der Waals surface area contributed by atoms with E-state index in [1.54, 1.807) is 0 Å². The highest BCUT2D eigenvalue weighted by Gasteiger charge is 2.02. The number of aliphatic hydroxyl groups is 1. The maximum absolute atomic E-state index is 11.7. The van der Waals surface area contributed by atoms with Gasteiger partial charge in [-0.15, -0.1) is 0 Å². The highest BCUT2D eigenvalue weighted by molar-refractivity contribution is 5.73. The molecule has 0 radical (unpaired) electrons. The van der Waals surface area contributed by atoms with Gasteiger partial charge in [0.15, 0.2) is 0 Å². The Kier molecular flexibility index (Phi) is 6.62. The Hall–Kier alpha value is -2.34. The third-order valence-electron chi connectivity index (χ3n) is 3.75. The maximum Gasteiger partial charge on any atom is 0.314 e. The minimum Gasteiger partial charge on any atom is -0.392 e. The van der Waals surface area contributed by atoms with Gasteiger partial charge < -0.3 is 15.7 Å². The van der Waals surface area contributed by atoms with E-state index < -0.39 is 0 Å². The van der Waals surface area contributed by atoms with Crippen molar-refractivity contribution in [3.05, 3.63) is 52.8 Å². The van der Waals surface area contributed by atoms with Crippen molar-refractivity contribution in [2.75, 3.05) is 13.1 Å². The fourth-order valence-corrected chi connectivity index (χ4v) is 2.30. The number of H-pyrrole nitrogens is 1. The first-order valence-corrected chi connectivity index (χ1v) is 7.88. The van der Waals surface area contributed by atoms with E-state index in [9.17, 15) is 4.79 Å². The first kappa shape index (κ1) is 17.0. The predicted octanol–water partition coefficient (Wildman–Crippen LogP) is 1.68. The normalized spacial score (nSPS) is 10.5. The average molecular weight is 316 g/mol. The Morgan fingerprint density at radius 3 is 2.48 bits per heavy atom. The lowest BCUT2D eigenvalue weighted by Gasteiger charge is -2.08. The Labute approximate surface area is 136 Å². The molecule has 0 aliphatic rings. The zero-order chi connectivity index (χ0) is 16.5. The number of aromatic amines is 1. The van der Waals surface area contributed by atoms with Crippen LogP contribution in [0.15, 0.2) is 30.5 Å². The van der Waals surface area contributed by atoms with E-state index in [4.69, 9.17) is 5.11 Å². The van der Waals surface area contributed by atoms with Crippen LogP contribution in [-0.4, -0.2) is 34.4 Å². The van der Waals surface area contributed by atoms with Crippen LogP contribution < -0.4 is 10.6 Å². The van der Waals surface area contributed by atoms with Crippen LogP contribution in [0.5, 0.6) is 0 Å². The molecule has 0 bridgehead atoms. The van der Waals surface area contributed by atoms with Crippen LogP contribution in [0.2, 0.25) is 0 Å². The van der Waals surface area contributed by atoms with Gasteiger partial charge in [0.05, 0.1) is 12.8 Å². The lowest BCUT2D eigenvalue weighted by atomic mass is 10.1. The summed E-state index contributed by atoms with van der Waals surface area (Å²) in [6.45, 7) is 3.28. The number of nitrogens with zero attached hydrogens (tertiary/aromatic N) is 1. The van der Waals surface area contributed by atoms with Crippen LogP contribution >= 0.6 is 0 Å². The quantitative estimate of drug-likeness (QED) is 0.559. The van der Waals surface area contributed by atoms with Gasteiger partial charge in [-0.2, -0.15) is 5.10 Å². The molecular weight excluding hydrogens is 292 g/mol. The lowest BCUT2D eigenvalue weighted by molar-refractivity contribution is 0.241. The Balaban J connectivity index is 1.57. The highest BCUT2D eigenvalue weighted by Crippen LogP contribution is 2.05. The third-order valence-corrected chi connectivity index (χ3v) is 3.75. The minimum atomic E-state index is -0.138. The minimum absolute atomic E-state index is 0.0548. The number of amides is 2. The topological polar surface area (TPSA) is 90.0 Å². The number of urea groups is 1. The standard InChI is InChI=1S/C17H24N4O2/c1-13-16(11-20-21-13)3-2-9-18-17(23)19-10-8-14-4-6-15(12-22)7-5-14/h4-7,11,22H,2-3,8-10,12H2,1H3,(H,20,21)(H2,18,19,23). The molecule has 2 aromatic rings. The molecule has 0 aliphatic heterocycles. The van der Waals surface area contributed by atoms with Crippen LogP contribution in [-0.2, 0) is 19.4 Å². The third kappa shape index (κ3) is 5.75. The molecule has 0 spiro atoms. The summed E-state index contributed by atoms with van der Waals surface area (Å²) < 4.78 is 0. The van der Waals surface area contributed by atoms with Crippen molar-refractivity contribution in [1.29, 1.82) is 0 Å². The van der Waals surface area contributed by atoms with Gasteiger partial charge in [-0.1, -0.05) is 24.3 Å². The van der Waals surface area contributed by atoms with E-state index in [1.807, 2.05) is 37.4 Å². The molecule has 1 heterocycles. The van der Waals surface area contributed by atoms with Gasteiger partial charge in [-0.05, 0) is 42.9 Å². The van der Waals surface area contributed by atoms with Crippen molar-refractivity contribution in [3.63, 3.8) is 0 Å². The molecule has 0 saturated carbocycles. The number of hydrogen-bond donors (Lipinski definition) is 4. The number of hydrogen-bond acceptors (Lipinski definition) is 3. The summed E-state index contributed by atoms with van der Waals surface area (Å²) in [6, 6.07) is 7.60. The van der Waals surface area contributed by atoms with E-state index in [1.165, 1.54) is 5.56 Å². The zero-order valence-corrected chi connectivity index (χ0v) is 13.4. The number of carbonyl (C=O) groups excluding carboxylic acids is 1. The van der Waals surface area contributed by atoms with E-state index in [0.29, 0.717) is 13.1 Å². The summed E-state index contributed by atoms with van der Waals surface area (Å²) in [5.41, 5.74) is 4.31. The van der Waals surface area contributed by atoms with Gasteiger partial charge in [0.2, 0.25) is 0 Å². The van der Waals surface area contributed by atoms with Crippen LogP contribution in [0.4, 0.5) is 4.79 Å². The van der Waals surface area contributed by atoms with Gasteiger partial charge in [0.1, 0.15) is 0 Å². The Morgan fingerprint density at radius 2 is 1.83 bits per heavy atom. The summed E-state index contributed by atoms with van der Waals surface area (Å²) in [5, 5.41) is 21.6. The van der Waals surface area contributed by atoms with E-state index in [0.717, 1.165) is 36.1 Å². The number of rotatable bonds is 8. The van der Waals surface area contributed by atoms with E-state index in [2.05, 4.69) is 20.8 Å². The fraction of sp³-hybridized carbons (Fsp3) is 0.412. The molecule has 0 atom stereocenters. The van der Waals surface area contributed by atoms with Crippen molar-refractivity contribution in [1.82, 2.24) is 20.8 Å². The first-order chi connectivity index (χ1) is 11.2.